The summed E-state index contributed by atoms with van der Waals surface area (Å²) in [4.78, 5) is 2.52. The highest BCUT2D eigenvalue weighted by Crippen LogP contribution is 2.08. The highest BCUT2D eigenvalue weighted by Gasteiger charge is 2.03. The zero-order valence-electron chi connectivity index (χ0n) is 12.9. The van der Waals surface area contributed by atoms with Crippen molar-refractivity contribution < 1.29 is 0 Å². The summed E-state index contributed by atoms with van der Waals surface area (Å²) < 4.78 is 0. The minimum atomic E-state index is 0.988. The smallest absolute Gasteiger partial charge is 0.0233 e. The Kier molecular flexibility index (Phi) is 8.52. The molecule has 19 heavy (non-hydrogen) atoms. The van der Waals surface area contributed by atoms with E-state index in [2.05, 4.69) is 55.3 Å². The van der Waals surface area contributed by atoms with E-state index in [9.17, 15) is 0 Å². The molecule has 0 heterocycles. The van der Waals surface area contributed by atoms with Gasteiger partial charge in [-0.15, -0.1) is 0 Å². The SMILES string of the molecule is CCCCN(CC)Cc1ccc(CNCCC)cc1. The number of benzene rings is 1. The van der Waals surface area contributed by atoms with Gasteiger partial charge in [0.05, 0.1) is 0 Å². The van der Waals surface area contributed by atoms with E-state index in [-0.39, 0.29) is 0 Å². The third-order valence-electron chi connectivity index (χ3n) is 3.46. The second-order valence-electron chi connectivity index (χ2n) is 5.22. The molecule has 2 heteroatoms. The Morgan fingerprint density at radius 3 is 2.21 bits per heavy atom. The molecule has 0 aliphatic rings. The lowest BCUT2D eigenvalue weighted by Gasteiger charge is -2.20. The van der Waals surface area contributed by atoms with Crippen LogP contribution in [-0.2, 0) is 13.1 Å². The van der Waals surface area contributed by atoms with Crippen molar-refractivity contribution in [3.05, 3.63) is 35.4 Å². The van der Waals surface area contributed by atoms with E-state index in [1.165, 1.54) is 36.9 Å². The van der Waals surface area contributed by atoms with E-state index in [0.29, 0.717) is 0 Å². The summed E-state index contributed by atoms with van der Waals surface area (Å²) in [6.07, 6.45) is 3.77. The quantitative estimate of drug-likeness (QED) is 0.645. The highest BCUT2D eigenvalue weighted by atomic mass is 15.1. The Hall–Kier alpha value is -0.860. The van der Waals surface area contributed by atoms with Crippen LogP contribution in [0.4, 0.5) is 0 Å². The van der Waals surface area contributed by atoms with E-state index in [0.717, 1.165) is 26.2 Å². The van der Waals surface area contributed by atoms with Gasteiger partial charge in [-0.3, -0.25) is 4.90 Å². The Bertz CT molecular complexity index is 319. The monoisotopic (exact) mass is 262 g/mol. The molecule has 1 N–H and O–H groups in total. The molecular formula is C17H30N2. The van der Waals surface area contributed by atoms with E-state index < -0.39 is 0 Å². The summed E-state index contributed by atoms with van der Waals surface area (Å²) in [6, 6.07) is 9.06. The van der Waals surface area contributed by atoms with Crippen LogP contribution in [0.25, 0.3) is 0 Å². The number of unbranched alkanes of at least 4 members (excludes halogenated alkanes) is 1. The van der Waals surface area contributed by atoms with Crippen molar-refractivity contribution in [2.45, 2.75) is 53.1 Å². The van der Waals surface area contributed by atoms with E-state index in [1.54, 1.807) is 0 Å². The van der Waals surface area contributed by atoms with E-state index in [1.807, 2.05) is 0 Å². The average molecular weight is 262 g/mol. The molecule has 1 rings (SSSR count). The third-order valence-corrected chi connectivity index (χ3v) is 3.46. The molecule has 0 aliphatic carbocycles. The van der Waals surface area contributed by atoms with Crippen molar-refractivity contribution >= 4 is 0 Å². The number of nitrogens with zero attached hydrogens (tertiary/aromatic N) is 1. The van der Waals surface area contributed by atoms with Crippen molar-refractivity contribution in [2.24, 2.45) is 0 Å². The normalized spacial score (nSPS) is 11.2. The van der Waals surface area contributed by atoms with Gasteiger partial charge in [0, 0.05) is 13.1 Å². The Morgan fingerprint density at radius 1 is 0.947 bits per heavy atom. The zero-order valence-corrected chi connectivity index (χ0v) is 12.9. The molecule has 108 valence electrons. The first-order chi connectivity index (χ1) is 9.30. The van der Waals surface area contributed by atoms with Crippen molar-refractivity contribution in [3.8, 4) is 0 Å². The summed E-state index contributed by atoms with van der Waals surface area (Å²) >= 11 is 0. The van der Waals surface area contributed by atoms with E-state index in [4.69, 9.17) is 0 Å². The Morgan fingerprint density at radius 2 is 1.63 bits per heavy atom. The van der Waals surface area contributed by atoms with Crippen LogP contribution in [0.1, 0.15) is 51.2 Å². The van der Waals surface area contributed by atoms with Crippen LogP contribution in [0.15, 0.2) is 24.3 Å². The van der Waals surface area contributed by atoms with Crippen LogP contribution < -0.4 is 5.32 Å². The average Bonchev–Trinajstić information content (AvgIpc) is 2.45. The summed E-state index contributed by atoms with van der Waals surface area (Å²) in [5.74, 6) is 0. The number of hydrogen-bond acceptors (Lipinski definition) is 2. The van der Waals surface area contributed by atoms with Crippen molar-refractivity contribution in [1.82, 2.24) is 10.2 Å². The van der Waals surface area contributed by atoms with Crippen LogP contribution in [-0.4, -0.2) is 24.5 Å². The Labute approximate surface area is 119 Å². The number of hydrogen-bond donors (Lipinski definition) is 1. The minimum Gasteiger partial charge on any atom is -0.313 e. The molecular weight excluding hydrogens is 232 g/mol. The van der Waals surface area contributed by atoms with Gasteiger partial charge in [0.2, 0.25) is 0 Å². The first-order valence-electron chi connectivity index (χ1n) is 7.81. The fourth-order valence-electron chi connectivity index (χ4n) is 2.16. The predicted molar refractivity (Wildman–Crippen MR) is 84.3 cm³/mol. The number of rotatable bonds is 10. The lowest BCUT2D eigenvalue weighted by Crippen LogP contribution is -2.23. The van der Waals surface area contributed by atoms with Crippen molar-refractivity contribution in [2.75, 3.05) is 19.6 Å². The van der Waals surface area contributed by atoms with Crippen LogP contribution in [0.3, 0.4) is 0 Å². The molecule has 1 aromatic rings. The molecule has 1 aromatic carbocycles. The lowest BCUT2D eigenvalue weighted by atomic mass is 10.1. The van der Waals surface area contributed by atoms with Crippen molar-refractivity contribution in [1.29, 1.82) is 0 Å². The van der Waals surface area contributed by atoms with Crippen LogP contribution in [0.2, 0.25) is 0 Å². The molecule has 0 saturated heterocycles. The maximum atomic E-state index is 3.44. The molecule has 0 bridgehead atoms. The summed E-state index contributed by atoms with van der Waals surface area (Å²) in [6.45, 7) is 12.2. The minimum absolute atomic E-state index is 0.988. The second kappa shape index (κ2) is 9.99. The van der Waals surface area contributed by atoms with Gasteiger partial charge in [0.25, 0.3) is 0 Å². The molecule has 0 aromatic heterocycles. The second-order valence-corrected chi connectivity index (χ2v) is 5.22. The molecule has 0 fully saturated rings. The molecule has 0 unspecified atom stereocenters. The molecule has 0 amide bonds. The lowest BCUT2D eigenvalue weighted by molar-refractivity contribution is 0.275. The molecule has 0 atom stereocenters. The third kappa shape index (κ3) is 6.74. The number of nitrogens with one attached hydrogen (secondary N) is 1. The van der Waals surface area contributed by atoms with Gasteiger partial charge in [0.15, 0.2) is 0 Å². The first kappa shape index (κ1) is 16.2. The molecule has 0 radical (unpaired) electrons. The molecule has 0 saturated carbocycles. The fraction of sp³-hybridized carbons (Fsp3) is 0.647. The fourth-order valence-corrected chi connectivity index (χ4v) is 2.16. The summed E-state index contributed by atoms with van der Waals surface area (Å²) in [7, 11) is 0. The highest BCUT2D eigenvalue weighted by molar-refractivity contribution is 5.22. The van der Waals surface area contributed by atoms with Gasteiger partial charge in [-0.05, 0) is 43.6 Å². The van der Waals surface area contributed by atoms with Crippen LogP contribution in [0, 0.1) is 0 Å². The first-order valence-corrected chi connectivity index (χ1v) is 7.81. The van der Waals surface area contributed by atoms with Gasteiger partial charge in [-0.1, -0.05) is 51.5 Å². The maximum Gasteiger partial charge on any atom is 0.0233 e. The molecule has 0 aliphatic heterocycles. The maximum absolute atomic E-state index is 3.44. The molecule has 2 nitrogen and oxygen atoms in total. The van der Waals surface area contributed by atoms with Gasteiger partial charge in [-0.2, -0.15) is 0 Å². The summed E-state index contributed by atoms with van der Waals surface area (Å²) in [5.41, 5.74) is 2.81. The van der Waals surface area contributed by atoms with Crippen molar-refractivity contribution in [3.63, 3.8) is 0 Å². The van der Waals surface area contributed by atoms with Gasteiger partial charge in [-0.25, -0.2) is 0 Å². The van der Waals surface area contributed by atoms with E-state index >= 15 is 0 Å². The predicted octanol–water partition coefficient (Wildman–Crippen LogP) is 3.81. The van der Waals surface area contributed by atoms with Crippen LogP contribution >= 0.6 is 0 Å². The standard InChI is InChI=1S/C17H30N2/c1-4-7-13-19(6-3)15-17-10-8-16(9-11-17)14-18-12-5-2/h8-11,18H,4-7,12-15H2,1-3H3. The topological polar surface area (TPSA) is 15.3 Å². The largest absolute Gasteiger partial charge is 0.313 e. The van der Waals surface area contributed by atoms with Gasteiger partial charge in [0.1, 0.15) is 0 Å². The van der Waals surface area contributed by atoms with Crippen LogP contribution in [0.5, 0.6) is 0 Å². The Balaban J connectivity index is 2.41. The molecule has 0 spiro atoms. The van der Waals surface area contributed by atoms with Gasteiger partial charge < -0.3 is 5.32 Å². The summed E-state index contributed by atoms with van der Waals surface area (Å²) in [5, 5.41) is 3.44. The zero-order chi connectivity index (χ0) is 13.9. The van der Waals surface area contributed by atoms with Gasteiger partial charge >= 0.3 is 0 Å².